The summed E-state index contributed by atoms with van der Waals surface area (Å²) in [4.78, 5) is 13.2. The van der Waals surface area contributed by atoms with Crippen molar-refractivity contribution in [3.63, 3.8) is 0 Å². The smallest absolute Gasteiger partial charge is 0.141 e. The van der Waals surface area contributed by atoms with Gasteiger partial charge < -0.3 is 9.64 Å². The Morgan fingerprint density at radius 1 is 0.865 bits per heavy atom. The van der Waals surface area contributed by atoms with Gasteiger partial charge in [-0.05, 0) is 95.2 Å². The van der Waals surface area contributed by atoms with Crippen LogP contribution >= 0.6 is 0 Å². The molecular weight excluding hydrogens is 637 g/mol. The van der Waals surface area contributed by atoms with Crippen LogP contribution in [0.15, 0.2) is 65.8 Å². The average molecular weight is 695 g/mol. The number of amidine groups is 1. The number of nitrogens with zero attached hydrogens (tertiary/aromatic N) is 4. The molecule has 2 aromatic heterocycles. The number of aromatic nitrogens is 2. The number of pyridine rings is 1. The first-order valence-corrected chi connectivity index (χ1v) is 19.8. The molecule has 3 aliphatic rings. The molecule has 4 heterocycles. The summed E-state index contributed by atoms with van der Waals surface area (Å²) < 4.78 is 9.43. The molecule has 3 aromatic carbocycles. The van der Waals surface area contributed by atoms with E-state index in [0.29, 0.717) is 12.0 Å². The first-order chi connectivity index (χ1) is 24.5. The lowest BCUT2D eigenvalue weighted by Crippen LogP contribution is -2.42. The summed E-state index contributed by atoms with van der Waals surface area (Å²) in [5, 5.41) is 2.53. The van der Waals surface area contributed by atoms with Crippen molar-refractivity contribution in [1.29, 1.82) is 0 Å². The predicted molar refractivity (Wildman–Crippen MR) is 218 cm³/mol. The van der Waals surface area contributed by atoms with E-state index in [1.807, 2.05) is 6.20 Å². The van der Waals surface area contributed by atoms with Crippen molar-refractivity contribution in [1.82, 2.24) is 14.5 Å². The fourth-order valence-electron chi connectivity index (χ4n) is 8.96. The molecule has 0 N–H and O–H groups in total. The van der Waals surface area contributed by atoms with Gasteiger partial charge in [0.05, 0.1) is 17.1 Å². The van der Waals surface area contributed by atoms with Crippen molar-refractivity contribution < 1.29 is 4.74 Å². The standard InChI is InChI=1S/C47H58N4O/c1-28(2)30-21-31(43-49-41(46(7,8)9)27-50(43)33-16-13-12-14-17-33)23-34(22-30)52-40-26-39-35(20-29(40)3)36-24-32(45(4,5)6)25-38-42(36)51(39)44-37(47(38,10)11)18-15-19-48-44/h15,18-26,28,33,41H,12-14,16-17,27H2,1-11H3/t41-/m0/s1. The van der Waals surface area contributed by atoms with Crippen LogP contribution in [0.2, 0.25) is 0 Å². The summed E-state index contributed by atoms with van der Waals surface area (Å²) in [5.41, 5.74) is 9.88. The summed E-state index contributed by atoms with van der Waals surface area (Å²) in [6.07, 6.45) is 8.41. The molecule has 0 spiro atoms. The molecule has 1 atom stereocenters. The van der Waals surface area contributed by atoms with E-state index in [1.165, 1.54) is 76.2 Å². The Morgan fingerprint density at radius 3 is 2.31 bits per heavy atom. The van der Waals surface area contributed by atoms with Crippen LogP contribution < -0.4 is 4.74 Å². The first-order valence-electron chi connectivity index (χ1n) is 19.8. The van der Waals surface area contributed by atoms with Crippen molar-refractivity contribution in [2.45, 2.75) is 137 Å². The van der Waals surface area contributed by atoms with Gasteiger partial charge in [-0.2, -0.15) is 0 Å². The third kappa shape index (κ3) is 5.74. The molecule has 0 bridgehead atoms. The number of ether oxygens (including phenoxy) is 1. The van der Waals surface area contributed by atoms with Crippen LogP contribution in [0, 0.1) is 12.3 Å². The predicted octanol–water partition coefficient (Wildman–Crippen LogP) is 12.1. The minimum atomic E-state index is -0.185. The monoisotopic (exact) mass is 694 g/mol. The van der Waals surface area contributed by atoms with Crippen LogP contribution in [0.4, 0.5) is 0 Å². The van der Waals surface area contributed by atoms with Crippen molar-refractivity contribution in [2.24, 2.45) is 10.4 Å². The number of hydrogen-bond acceptors (Lipinski definition) is 4. The van der Waals surface area contributed by atoms with Gasteiger partial charge in [-0.15, -0.1) is 0 Å². The summed E-state index contributed by atoms with van der Waals surface area (Å²) >= 11 is 0. The Hall–Kier alpha value is -4.12. The Morgan fingerprint density at radius 2 is 1.62 bits per heavy atom. The maximum atomic E-state index is 7.03. The topological polar surface area (TPSA) is 42.6 Å². The van der Waals surface area contributed by atoms with Gasteiger partial charge in [-0.25, -0.2) is 4.98 Å². The van der Waals surface area contributed by atoms with E-state index in [9.17, 15) is 0 Å². The van der Waals surface area contributed by atoms with Gasteiger partial charge >= 0.3 is 0 Å². The number of fused-ring (bicyclic) bond motifs is 5. The highest BCUT2D eigenvalue weighted by atomic mass is 16.5. The lowest BCUT2D eigenvalue weighted by molar-refractivity contribution is 0.218. The van der Waals surface area contributed by atoms with E-state index >= 15 is 0 Å². The highest BCUT2D eigenvalue weighted by Crippen LogP contribution is 2.49. The molecule has 0 radical (unpaired) electrons. The number of aryl methyl sites for hydroxylation is 1. The molecule has 0 unspecified atom stereocenters. The van der Waals surface area contributed by atoms with Crippen molar-refractivity contribution in [2.75, 3.05) is 6.54 Å². The Kier molecular flexibility index (Phi) is 8.21. The highest BCUT2D eigenvalue weighted by molar-refractivity contribution is 6.12. The Balaban J connectivity index is 1.29. The van der Waals surface area contributed by atoms with E-state index in [-0.39, 0.29) is 22.3 Å². The number of rotatable bonds is 5. The zero-order valence-corrected chi connectivity index (χ0v) is 33.4. The van der Waals surface area contributed by atoms with Gasteiger partial charge in [0.2, 0.25) is 0 Å². The number of aliphatic imine (C=N–C) groups is 1. The SMILES string of the molecule is Cc1cc2c3cc(C(C)(C)C)cc4c3n(c2cc1Oc1cc(C2=N[C@H](C(C)(C)C)CN2C2CCCCC2)cc(C(C)C)c1)-c1ncccc1C4(C)C. The zero-order valence-electron chi connectivity index (χ0n) is 33.4. The van der Waals surface area contributed by atoms with Gasteiger partial charge in [0, 0.05) is 52.2 Å². The second kappa shape index (κ2) is 12.2. The number of hydrogen-bond donors (Lipinski definition) is 0. The molecule has 0 amide bonds. The maximum absolute atomic E-state index is 7.03. The quantitative estimate of drug-likeness (QED) is 0.184. The van der Waals surface area contributed by atoms with Gasteiger partial charge in [-0.3, -0.25) is 9.56 Å². The van der Waals surface area contributed by atoms with Gasteiger partial charge in [-0.1, -0.05) is 101 Å². The third-order valence-electron chi connectivity index (χ3n) is 12.4. The summed E-state index contributed by atoms with van der Waals surface area (Å²) in [6.45, 7) is 26.4. The zero-order chi connectivity index (χ0) is 36.9. The molecule has 8 rings (SSSR count). The van der Waals surface area contributed by atoms with Crippen LogP contribution in [0.3, 0.4) is 0 Å². The molecule has 272 valence electrons. The molecule has 0 saturated heterocycles. The molecule has 1 aliphatic carbocycles. The molecular formula is C47H58N4O. The van der Waals surface area contributed by atoms with E-state index in [2.05, 4.69) is 140 Å². The van der Waals surface area contributed by atoms with Crippen LogP contribution in [0.25, 0.3) is 27.6 Å². The van der Waals surface area contributed by atoms with Crippen molar-refractivity contribution >= 4 is 27.6 Å². The highest BCUT2D eigenvalue weighted by Gasteiger charge is 2.39. The Labute approximate surface area is 311 Å². The van der Waals surface area contributed by atoms with Crippen molar-refractivity contribution in [3.05, 3.63) is 94.2 Å². The second-order valence-corrected chi connectivity index (χ2v) is 19.0. The van der Waals surface area contributed by atoms with Crippen molar-refractivity contribution in [3.8, 4) is 17.3 Å². The molecule has 1 saturated carbocycles. The van der Waals surface area contributed by atoms with E-state index < -0.39 is 0 Å². The van der Waals surface area contributed by atoms with E-state index in [0.717, 1.165) is 40.8 Å². The van der Waals surface area contributed by atoms with Crippen LogP contribution in [0.1, 0.15) is 141 Å². The van der Waals surface area contributed by atoms with E-state index in [4.69, 9.17) is 14.7 Å². The molecule has 5 nitrogen and oxygen atoms in total. The van der Waals surface area contributed by atoms with Gasteiger partial charge in [0.1, 0.15) is 23.2 Å². The third-order valence-corrected chi connectivity index (χ3v) is 12.4. The minimum Gasteiger partial charge on any atom is -0.457 e. The van der Waals surface area contributed by atoms with E-state index in [1.54, 1.807) is 0 Å². The fourth-order valence-corrected chi connectivity index (χ4v) is 8.96. The molecule has 5 heteroatoms. The van der Waals surface area contributed by atoms with Gasteiger partial charge in [0.25, 0.3) is 0 Å². The maximum Gasteiger partial charge on any atom is 0.141 e. The second-order valence-electron chi connectivity index (χ2n) is 19.0. The first kappa shape index (κ1) is 34.9. The van der Waals surface area contributed by atoms with Gasteiger partial charge in [0.15, 0.2) is 0 Å². The molecule has 5 aromatic rings. The molecule has 1 fully saturated rings. The largest absolute Gasteiger partial charge is 0.457 e. The molecule has 2 aliphatic heterocycles. The summed E-state index contributed by atoms with van der Waals surface area (Å²) in [7, 11) is 0. The minimum absolute atomic E-state index is 0.0186. The molecule has 52 heavy (non-hydrogen) atoms. The normalized spacial score (nSPS) is 19.1. The summed E-state index contributed by atoms with van der Waals surface area (Å²) in [6, 6.07) is 21.5. The summed E-state index contributed by atoms with van der Waals surface area (Å²) in [5.74, 6) is 4.28. The van der Waals surface area contributed by atoms with Crippen LogP contribution in [-0.2, 0) is 10.8 Å². The van der Waals surface area contributed by atoms with Crippen LogP contribution in [-0.4, -0.2) is 38.9 Å². The lowest BCUT2D eigenvalue weighted by atomic mass is 9.73. The van der Waals surface area contributed by atoms with Crippen LogP contribution in [0.5, 0.6) is 11.5 Å². The number of benzene rings is 3. The Bertz CT molecular complexity index is 2230. The fraction of sp³-hybridized carbons (Fsp3) is 0.489. The lowest BCUT2D eigenvalue weighted by Gasteiger charge is -2.35. The average Bonchev–Trinajstić information content (AvgIpc) is 3.68.